The van der Waals surface area contributed by atoms with Gasteiger partial charge in [0.1, 0.15) is 0 Å². The lowest BCUT2D eigenvalue weighted by Crippen LogP contribution is -2.26. The number of allylic oxidation sites excluding steroid dienone is 2. The molecule has 1 aliphatic carbocycles. The molecule has 0 aliphatic heterocycles. The summed E-state index contributed by atoms with van der Waals surface area (Å²) < 4.78 is 41.0. The molecule has 5 heteroatoms. The molecule has 0 saturated heterocycles. The maximum atomic E-state index is 13.2. The van der Waals surface area contributed by atoms with Gasteiger partial charge in [-0.15, -0.1) is 0 Å². The van der Waals surface area contributed by atoms with Crippen molar-refractivity contribution in [1.29, 1.82) is 0 Å². The van der Waals surface area contributed by atoms with Gasteiger partial charge in [-0.3, -0.25) is 4.79 Å². The van der Waals surface area contributed by atoms with Gasteiger partial charge in [-0.1, -0.05) is 36.8 Å². The van der Waals surface area contributed by atoms with E-state index >= 15 is 0 Å². The predicted octanol–water partition coefficient (Wildman–Crippen LogP) is 4.69. The number of alkyl halides is 3. The Bertz CT molecular complexity index is 774. The molecule has 0 amide bonds. The number of hydrogen-bond donors (Lipinski definition) is 0. The third-order valence-corrected chi connectivity index (χ3v) is 4.07. The van der Waals surface area contributed by atoms with E-state index in [9.17, 15) is 18.0 Å². The van der Waals surface area contributed by atoms with Crippen molar-refractivity contribution in [2.45, 2.75) is 37.9 Å². The normalized spacial score (nSPS) is 19.3. The highest BCUT2D eigenvalue weighted by atomic mass is 19.4. The summed E-state index contributed by atoms with van der Waals surface area (Å²) in [6.45, 7) is 0. The second kappa shape index (κ2) is 5.63. The van der Waals surface area contributed by atoms with Crippen LogP contribution in [0.1, 0.15) is 37.3 Å². The number of para-hydroxylation sites is 1. The van der Waals surface area contributed by atoms with Crippen LogP contribution in [-0.4, -0.2) is 4.57 Å². The van der Waals surface area contributed by atoms with Gasteiger partial charge in [-0.25, -0.2) is 0 Å². The topological polar surface area (TPSA) is 22.0 Å². The molecule has 1 unspecified atom stereocenters. The van der Waals surface area contributed by atoms with Crippen LogP contribution in [0.2, 0.25) is 0 Å². The Hall–Kier alpha value is -2.04. The fraction of sp³-hybridized carbons (Fsp3) is 0.353. The van der Waals surface area contributed by atoms with Crippen LogP contribution in [0.3, 0.4) is 0 Å². The van der Waals surface area contributed by atoms with Gasteiger partial charge < -0.3 is 4.57 Å². The van der Waals surface area contributed by atoms with E-state index in [0.29, 0.717) is 5.52 Å². The molecular formula is C17H16F3NO. The second-order valence-electron chi connectivity index (χ2n) is 5.56. The van der Waals surface area contributed by atoms with Gasteiger partial charge in [0.05, 0.1) is 17.1 Å². The van der Waals surface area contributed by atoms with Gasteiger partial charge in [-0.05, 0) is 25.3 Å². The van der Waals surface area contributed by atoms with Crippen LogP contribution in [0.5, 0.6) is 0 Å². The van der Waals surface area contributed by atoms with Gasteiger partial charge in [0.2, 0.25) is 0 Å². The number of pyridine rings is 1. The third-order valence-electron chi connectivity index (χ3n) is 4.07. The highest BCUT2D eigenvalue weighted by molar-refractivity contribution is 5.83. The smallest absolute Gasteiger partial charge is 0.301 e. The Balaban J connectivity index is 2.28. The number of fused-ring (bicyclic) bond motifs is 1. The molecule has 0 N–H and O–H groups in total. The lowest BCUT2D eigenvalue weighted by atomic mass is 10.1. The zero-order valence-electron chi connectivity index (χ0n) is 11.9. The van der Waals surface area contributed by atoms with Crippen molar-refractivity contribution in [2.75, 3.05) is 0 Å². The van der Waals surface area contributed by atoms with E-state index in [1.54, 1.807) is 18.2 Å². The summed E-state index contributed by atoms with van der Waals surface area (Å²) in [6, 6.07) is 6.79. The first-order valence-corrected chi connectivity index (χ1v) is 7.36. The molecule has 22 heavy (non-hydrogen) atoms. The van der Waals surface area contributed by atoms with Gasteiger partial charge >= 0.3 is 6.18 Å². The SMILES string of the molecule is O=c1cc(C(F)(F)F)c2ccccc2n1C1C=CCCCC1. The van der Waals surface area contributed by atoms with Crippen LogP contribution in [0.4, 0.5) is 13.2 Å². The van der Waals surface area contributed by atoms with Crippen LogP contribution >= 0.6 is 0 Å². The Labute approximate surface area is 125 Å². The number of hydrogen-bond acceptors (Lipinski definition) is 1. The molecule has 3 rings (SSSR count). The first-order valence-electron chi connectivity index (χ1n) is 7.36. The fourth-order valence-electron chi connectivity index (χ4n) is 3.06. The van der Waals surface area contributed by atoms with E-state index in [-0.39, 0.29) is 11.4 Å². The zero-order valence-corrected chi connectivity index (χ0v) is 11.9. The van der Waals surface area contributed by atoms with Crippen LogP contribution in [-0.2, 0) is 6.18 Å². The molecule has 0 saturated carbocycles. The predicted molar refractivity (Wildman–Crippen MR) is 79.9 cm³/mol. The monoisotopic (exact) mass is 307 g/mol. The molecule has 0 radical (unpaired) electrons. The summed E-state index contributed by atoms with van der Waals surface area (Å²) in [7, 11) is 0. The highest BCUT2D eigenvalue weighted by Gasteiger charge is 2.34. The van der Waals surface area contributed by atoms with Crippen LogP contribution in [0, 0.1) is 0 Å². The number of benzene rings is 1. The minimum absolute atomic E-state index is 0.0762. The maximum Gasteiger partial charge on any atom is 0.417 e. The van der Waals surface area contributed by atoms with Crippen LogP contribution in [0.15, 0.2) is 47.3 Å². The molecule has 0 fully saturated rings. The summed E-state index contributed by atoms with van der Waals surface area (Å²) in [5.41, 5.74) is -1.11. The summed E-state index contributed by atoms with van der Waals surface area (Å²) in [5, 5.41) is 0.0762. The Morgan fingerprint density at radius 1 is 1.14 bits per heavy atom. The zero-order chi connectivity index (χ0) is 15.7. The molecule has 116 valence electrons. The van der Waals surface area contributed by atoms with E-state index in [4.69, 9.17) is 0 Å². The Morgan fingerprint density at radius 2 is 1.91 bits per heavy atom. The first-order chi connectivity index (χ1) is 10.5. The summed E-state index contributed by atoms with van der Waals surface area (Å²) in [4.78, 5) is 12.3. The van der Waals surface area contributed by atoms with Gasteiger partial charge in [0.15, 0.2) is 0 Å². The number of nitrogens with zero attached hydrogens (tertiary/aromatic N) is 1. The molecular weight excluding hydrogens is 291 g/mol. The quantitative estimate of drug-likeness (QED) is 0.700. The largest absolute Gasteiger partial charge is 0.417 e. The van der Waals surface area contributed by atoms with Crippen molar-refractivity contribution in [3.63, 3.8) is 0 Å². The van der Waals surface area contributed by atoms with Crippen molar-refractivity contribution < 1.29 is 13.2 Å². The van der Waals surface area contributed by atoms with Crippen LogP contribution in [0.25, 0.3) is 10.9 Å². The molecule has 0 bridgehead atoms. The van der Waals surface area contributed by atoms with Crippen molar-refractivity contribution in [1.82, 2.24) is 4.57 Å². The van der Waals surface area contributed by atoms with Gasteiger partial charge in [0, 0.05) is 11.5 Å². The summed E-state index contributed by atoms with van der Waals surface area (Å²) >= 11 is 0. The summed E-state index contributed by atoms with van der Waals surface area (Å²) in [6.07, 6.45) is 3.14. The molecule has 1 atom stereocenters. The average Bonchev–Trinajstić information content (AvgIpc) is 2.74. The standard InChI is InChI=1S/C17H16F3NO/c18-17(19,20)14-11-16(22)21(12-7-3-1-2-4-8-12)15-10-6-5-9-13(14)15/h3,5-7,9-12H,1-2,4,8H2. The maximum absolute atomic E-state index is 13.2. The van der Waals surface area contributed by atoms with Crippen LogP contribution < -0.4 is 5.56 Å². The lowest BCUT2D eigenvalue weighted by molar-refractivity contribution is -0.136. The Morgan fingerprint density at radius 3 is 2.68 bits per heavy atom. The molecule has 2 aromatic rings. The van der Waals surface area contributed by atoms with Gasteiger partial charge in [-0.2, -0.15) is 13.2 Å². The van der Waals surface area contributed by atoms with Gasteiger partial charge in [0.25, 0.3) is 5.56 Å². The Kier molecular flexibility index (Phi) is 3.81. The minimum atomic E-state index is -4.53. The minimum Gasteiger partial charge on any atom is -0.301 e. The third kappa shape index (κ3) is 2.67. The lowest BCUT2D eigenvalue weighted by Gasteiger charge is -2.20. The molecule has 1 aliphatic rings. The number of aromatic nitrogens is 1. The second-order valence-corrected chi connectivity index (χ2v) is 5.56. The molecule has 1 heterocycles. The fourth-order valence-corrected chi connectivity index (χ4v) is 3.06. The molecule has 1 aromatic carbocycles. The van der Waals surface area contributed by atoms with E-state index in [1.807, 2.05) is 12.2 Å². The highest BCUT2D eigenvalue weighted by Crippen LogP contribution is 2.35. The first kappa shape index (κ1) is 14.9. The van der Waals surface area contributed by atoms with E-state index in [1.165, 1.54) is 10.6 Å². The molecule has 2 nitrogen and oxygen atoms in total. The summed E-state index contributed by atoms with van der Waals surface area (Å²) in [5.74, 6) is 0. The van der Waals surface area contributed by atoms with Crippen molar-refractivity contribution in [3.8, 4) is 0 Å². The van der Waals surface area contributed by atoms with Crippen molar-refractivity contribution in [2.24, 2.45) is 0 Å². The van der Waals surface area contributed by atoms with Crippen molar-refractivity contribution >= 4 is 10.9 Å². The average molecular weight is 307 g/mol. The van der Waals surface area contributed by atoms with Crippen molar-refractivity contribution in [3.05, 3.63) is 58.4 Å². The van der Waals surface area contributed by atoms with E-state index < -0.39 is 17.3 Å². The van der Waals surface area contributed by atoms with E-state index in [0.717, 1.165) is 31.7 Å². The molecule has 1 aromatic heterocycles. The molecule has 0 spiro atoms. The van der Waals surface area contributed by atoms with E-state index in [2.05, 4.69) is 0 Å². The number of halogens is 3. The number of rotatable bonds is 1.